The number of nitrogens with one attached hydrogen (secondary N) is 1. The summed E-state index contributed by atoms with van der Waals surface area (Å²) in [7, 11) is -0.784. The highest BCUT2D eigenvalue weighted by molar-refractivity contribution is 9.10. The molecule has 2 aromatic rings. The summed E-state index contributed by atoms with van der Waals surface area (Å²) >= 11 is 3.28. The molecular formula is C11H13BrN4O3S. The zero-order chi connectivity index (χ0) is 14.9. The minimum atomic E-state index is -3.84. The van der Waals surface area contributed by atoms with Gasteiger partial charge in [-0.25, -0.2) is 4.98 Å². The van der Waals surface area contributed by atoms with Gasteiger partial charge >= 0.3 is 0 Å². The number of hydrogen-bond acceptors (Lipinski definition) is 5. The monoisotopic (exact) mass is 360 g/mol. The lowest BCUT2D eigenvalue weighted by Gasteiger charge is -2.11. The molecule has 1 aromatic carbocycles. The highest BCUT2D eigenvalue weighted by Gasteiger charge is 2.23. The van der Waals surface area contributed by atoms with Crippen molar-refractivity contribution in [3.8, 4) is 5.75 Å². The first-order chi connectivity index (χ1) is 9.35. The second kappa shape index (κ2) is 5.33. The SMILES string of the molecule is COc1ccc(Br)c(NS(=O)(=O)c2c(N)ncn2C)c1. The van der Waals surface area contributed by atoms with E-state index >= 15 is 0 Å². The lowest BCUT2D eigenvalue weighted by molar-refractivity contribution is 0.415. The van der Waals surface area contributed by atoms with Crippen LogP contribution in [-0.2, 0) is 17.1 Å². The van der Waals surface area contributed by atoms with Gasteiger partial charge in [0.2, 0.25) is 0 Å². The minimum Gasteiger partial charge on any atom is -0.497 e. The molecule has 108 valence electrons. The van der Waals surface area contributed by atoms with Gasteiger partial charge in [-0.15, -0.1) is 0 Å². The van der Waals surface area contributed by atoms with Crippen LogP contribution in [0.1, 0.15) is 0 Å². The third-order valence-electron chi connectivity index (χ3n) is 2.58. The van der Waals surface area contributed by atoms with E-state index in [1.807, 2.05) is 0 Å². The summed E-state index contributed by atoms with van der Waals surface area (Å²) in [6.07, 6.45) is 1.34. The van der Waals surface area contributed by atoms with E-state index in [2.05, 4.69) is 25.6 Å². The first-order valence-corrected chi connectivity index (χ1v) is 7.76. The molecular weight excluding hydrogens is 348 g/mol. The van der Waals surface area contributed by atoms with E-state index in [4.69, 9.17) is 10.5 Å². The second-order valence-electron chi connectivity index (χ2n) is 4.00. The van der Waals surface area contributed by atoms with Gasteiger partial charge < -0.3 is 15.0 Å². The Hall–Kier alpha value is -1.74. The van der Waals surface area contributed by atoms with Gasteiger partial charge in [0.25, 0.3) is 10.0 Å². The molecule has 20 heavy (non-hydrogen) atoms. The molecule has 0 radical (unpaired) electrons. The van der Waals surface area contributed by atoms with Crippen molar-refractivity contribution >= 4 is 37.5 Å². The molecule has 0 saturated heterocycles. The van der Waals surface area contributed by atoms with Crippen LogP contribution in [0.4, 0.5) is 11.5 Å². The quantitative estimate of drug-likeness (QED) is 0.861. The summed E-state index contributed by atoms with van der Waals surface area (Å²) in [6, 6.07) is 4.96. The fraction of sp³-hybridized carbons (Fsp3) is 0.182. The van der Waals surface area contributed by atoms with Crippen LogP contribution in [0.2, 0.25) is 0 Å². The molecule has 1 aromatic heterocycles. The molecule has 0 spiro atoms. The molecule has 2 rings (SSSR count). The Labute approximate surface area is 124 Å². The van der Waals surface area contributed by atoms with Crippen LogP contribution >= 0.6 is 15.9 Å². The smallest absolute Gasteiger partial charge is 0.281 e. The zero-order valence-corrected chi connectivity index (χ0v) is 13.2. The number of anilines is 2. The average molecular weight is 361 g/mol. The number of imidazole rings is 1. The normalized spacial score (nSPS) is 11.3. The maximum Gasteiger partial charge on any atom is 0.281 e. The fourth-order valence-electron chi connectivity index (χ4n) is 1.67. The lowest BCUT2D eigenvalue weighted by atomic mass is 10.3. The highest BCUT2D eigenvalue weighted by Crippen LogP contribution is 2.29. The number of nitrogens with two attached hydrogens (primary N) is 1. The zero-order valence-electron chi connectivity index (χ0n) is 10.8. The van der Waals surface area contributed by atoms with Crippen molar-refractivity contribution < 1.29 is 13.2 Å². The van der Waals surface area contributed by atoms with E-state index in [9.17, 15) is 8.42 Å². The number of rotatable bonds is 4. The van der Waals surface area contributed by atoms with Crippen LogP contribution in [-0.4, -0.2) is 25.1 Å². The molecule has 7 nitrogen and oxygen atoms in total. The number of aryl methyl sites for hydroxylation is 1. The Morgan fingerprint density at radius 3 is 2.70 bits per heavy atom. The number of aromatic nitrogens is 2. The van der Waals surface area contributed by atoms with E-state index in [0.29, 0.717) is 15.9 Å². The summed E-state index contributed by atoms with van der Waals surface area (Å²) in [6.45, 7) is 0. The molecule has 0 aliphatic rings. The molecule has 0 fully saturated rings. The first-order valence-electron chi connectivity index (χ1n) is 5.48. The van der Waals surface area contributed by atoms with Crippen LogP contribution in [0.5, 0.6) is 5.75 Å². The van der Waals surface area contributed by atoms with Gasteiger partial charge in [-0.2, -0.15) is 8.42 Å². The van der Waals surface area contributed by atoms with Crippen LogP contribution in [0.3, 0.4) is 0 Å². The van der Waals surface area contributed by atoms with Crippen molar-refractivity contribution in [2.24, 2.45) is 7.05 Å². The Bertz CT molecular complexity index is 723. The van der Waals surface area contributed by atoms with Crippen LogP contribution < -0.4 is 15.2 Å². The summed E-state index contributed by atoms with van der Waals surface area (Å²) < 4.78 is 34.1. The molecule has 0 saturated carbocycles. The fourth-order valence-corrected chi connectivity index (χ4v) is 3.45. The van der Waals surface area contributed by atoms with E-state index in [0.717, 1.165) is 0 Å². The van der Waals surface area contributed by atoms with Gasteiger partial charge in [0.15, 0.2) is 10.8 Å². The highest BCUT2D eigenvalue weighted by atomic mass is 79.9. The summed E-state index contributed by atoms with van der Waals surface area (Å²) in [5, 5.41) is -0.0905. The topological polar surface area (TPSA) is 99.2 Å². The molecule has 0 unspecified atom stereocenters. The van der Waals surface area contributed by atoms with Crippen LogP contribution in [0.15, 0.2) is 34.0 Å². The average Bonchev–Trinajstić information content (AvgIpc) is 2.72. The molecule has 0 bridgehead atoms. The number of methoxy groups -OCH3 is 1. The first kappa shape index (κ1) is 14.7. The van der Waals surface area contributed by atoms with Crippen molar-refractivity contribution in [2.45, 2.75) is 5.03 Å². The van der Waals surface area contributed by atoms with Crippen molar-refractivity contribution in [3.63, 3.8) is 0 Å². The van der Waals surface area contributed by atoms with Crippen molar-refractivity contribution in [1.29, 1.82) is 0 Å². The summed E-state index contributed by atoms with van der Waals surface area (Å²) in [5.74, 6) is 0.475. The largest absolute Gasteiger partial charge is 0.497 e. The summed E-state index contributed by atoms with van der Waals surface area (Å²) in [4.78, 5) is 3.77. The van der Waals surface area contributed by atoms with Crippen molar-refractivity contribution in [2.75, 3.05) is 17.6 Å². The molecule has 0 amide bonds. The van der Waals surface area contributed by atoms with Gasteiger partial charge in [0, 0.05) is 17.6 Å². The minimum absolute atomic E-state index is 0.0565. The van der Waals surface area contributed by atoms with E-state index in [-0.39, 0.29) is 10.8 Å². The van der Waals surface area contributed by atoms with Gasteiger partial charge in [-0.05, 0) is 28.1 Å². The predicted octanol–water partition coefficient (Wildman–Crippen LogP) is 1.57. The van der Waals surface area contributed by atoms with E-state index in [1.165, 1.54) is 18.0 Å². The third kappa shape index (κ3) is 2.73. The van der Waals surface area contributed by atoms with E-state index in [1.54, 1.807) is 25.2 Å². The van der Waals surface area contributed by atoms with Gasteiger partial charge in [0.1, 0.15) is 5.75 Å². The number of sulfonamides is 1. The second-order valence-corrected chi connectivity index (χ2v) is 6.45. The summed E-state index contributed by atoms with van der Waals surface area (Å²) in [5.41, 5.74) is 5.94. The number of hydrogen-bond donors (Lipinski definition) is 2. The Kier molecular flexibility index (Phi) is 3.91. The number of nitrogens with zero attached hydrogens (tertiary/aromatic N) is 2. The van der Waals surface area contributed by atoms with E-state index < -0.39 is 10.0 Å². The Morgan fingerprint density at radius 2 is 2.15 bits per heavy atom. The van der Waals surface area contributed by atoms with Gasteiger partial charge in [-0.1, -0.05) is 0 Å². The molecule has 3 N–H and O–H groups in total. The molecule has 0 atom stereocenters. The maximum absolute atomic E-state index is 12.3. The number of ether oxygens (including phenoxy) is 1. The number of nitrogen functional groups attached to an aromatic ring is 1. The predicted molar refractivity (Wildman–Crippen MR) is 79.1 cm³/mol. The molecule has 0 aliphatic carbocycles. The molecule has 9 heteroatoms. The van der Waals surface area contributed by atoms with Crippen molar-refractivity contribution in [3.05, 3.63) is 29.0 Å². The van der Waals surface area contributed by atoms with Gasteiger partial charge in [0.05, 0.1) is 19.1 Å². The third-order valence-corrected chi connectivity index (χ3v) is 4.77. The van der Waals surface area contributed by atoms with Crippen LogP contribution in [0, 0.1) is 0 Å². The van der Waals surface area contributed by atoms with Crippen LogP contribution in [0.25, 0.3) is 0 Å². The molecule has 1 heterocycles. The Balaban J connectivity index is 2.43. The number of benzene rings is 1. The molecule has 0 aliphatic heterocycles. The maximum atomic E-state index is 12.3. The van der Waals surface area contributed by atoms with Gasteiger partial charge in [-0.3, -0.25) is 4.72 Å². The Morgan fingerprint density at radius 1 is 1.45 bits per heavy atom. The number of halogens is 1. The lowest BCUT2D eigenvalue weighted by Crippen LogP contribution is -2.18. The van der Waals surface area contributed by atoms with Crippen molar-refractivity contribution in [1.82, 2.24) is 9.55 Å². The standard InChI is InChI=1S/C11H13BrN4O3S/c1-16-6-14-10(13)11(16)20(17,18)15-9-5-7(19-2)3-4-8(9)12/h3-6,15H,13H2,1-2H3.